The predicted molar refractivity (Wildman–Crippen MR) is 116 cm³/mol. The monoisotopic (exact) mass is 475 g/mol. The Labute approximate surface area is 172 Å². The van der Waals surface area contributed by atoms with Crippen LogP contribution in [0.3, 0.4) is 0 Å². The molecule has 138 valence electrons. The normalized spacial score (nSPS) is 11.2. The third kappa shape index (κ3) is 6.51. The van der Waals surface area contributed by atoms with E-state index in [0.717, 1.165) is 48.3 Å². The number of hydrogen-bond acceptors (Lipinski definition) is 2. The van der Waals surface area contributed by atoms with Gasteiger partial charge in [0.25, 0.3) is 0 Å². The SMILES string of the molecule is CN=C(NCCCn1nc(C)cc1C)N(C)Cc1ccccc1Cl.I. The van der Waals surface area contributed by atoms with Crippen LogP contribution in [0.4, 0.5) is 0 Å². The molecule has 2 rings (SSSR count). The molecule has 0 atom stereocenters. The van der Waals surface area contributed by atoms with Crippen molar-refractivity contribution < 1.29 is 0 Å². The van der Waals surface area contributed by atoms with Crippen molar-refractivity contribution in [1.29, 1.82) is 0 Å². The first-order valence-corrected chi connectivity index (χ1v) is 8.55. The Morgan fingerprint density at radius 3 is 2.64 bits per heavy atom. The standard InChI is InChI=1S/C18H26ClN5.HI/c1-14-12-15(2)24(22-14)11-7-10-21-18(20-3)23(4)13-16-8-5-6-9-17(16)19;/h5-6,8-9,12H,7,10-11,13H2,1-4H3,(H,20,21);1H. The van der Waals surface area contributed by atoms with Crippen LogP contribution in [0.25, 0.3) is 0 Å². The van der Waals surface area contributed by atoms with Crippen LogP contribution in [0.5, 0.6) is 0 Å². The molecule has 0 bridgehead atoms. The molecule has 7 heteroatoms. The van der Waals surface area contributed by atoms with Crippen molar-refractivity contribution in [3.8, 4) is 0 Å². The summed E-state index contributed by atoms with van der Waals surface area (Å²) in [6.45, 7) is 6.57. The van der Waals surface area contributed by atoms with Gasteiger partial charge in [0, 0.05) is 44.4 Å². The average Bonchev–Trinajstić information content (AvgIpc) is 2.87. The zero-order valence-corrected chi connectivity index (χ0v) is 18.4. The second-order valence-electron chi connectivity index (χ2n) is 5.93. The van der Waals surface area contributed by atoms with Gasteiger partial charge in [0.05, 0.1) is 5.69 Å². The molecule has 2 aromatic rings. The van der Waals surface area contributed by atoms with Crippen LogP contribution in [-0.4, -0.2) is 41.3 Å². The van der Waals surface area contributed by atoms with Gasteiger partial charge >= 0.3 is 0 Å². The van der Waals surface area contributed by atoms with Crippen LogP contribution in [0.15, 0.2) is 35.3 Å². The summed E-state index contributed by atoms with van der Waals surface area (Å²) in [6.07, 6.45) is 0.987. The molecule has 0 aliphatic heterocycles. The van der Waals surface area contributed by atoms with Crippen molar-refractivity contribution in [2.24, 2.45) is 4.99 Å². The number of aryl methyl sites for hydroxylation is 3. The van der Waals surface area contributed by atoms with Crippen LogP contribution < -0.4 is 5.32 Å². The molecule has 0 aliphatic rings. The summed E-state index contributed by atoms with van der Waals surface area (Å²) in [5.74, 6) is 0.864. The lowest BCUT2D eigenvalue weighted by atomic mass is 10.2. The van der Waals surface area contributed by atoms with Crippen LogP contribution in [0.2, 0.25) is 5.02 Å². The Bertz CT molecular complexity index is 699. The topological polar surface area (TPSA) is 45.5 Å². The van der Waals surface area contributed by atoms with Crippen molar-refractivity contribution in [1.82, 2.24) is 20.0 Å². The highest BCUT2D eigenvalue weighted by Crippen LogP contribution is 2.16. The van der Waals surface area contributed by atoms with Gasteiger partial charge in [-0.15, -0.1) is 24.0 Å². The molecule has 0 fully saturated rings. The summed E-state index contributed by atoms with van der Waals surface area (Å²) in [5.41, 5.74) is 3.36. The van der Waals surface area contributed by atoms with Crippen LogP contribution in [0, 0.1) is 13.8 Å². The van der Waals surface area contributed by atoms with Crippen molar-refractivity contribution in [3.05, 3.63) is 52.3 Å². The summed E-state index contributed by atoms with van der Waals surface area (Å²) in [4.78, 5) is 6.42. The maximum Gasteiger partial charge on any atom is 0.193 e. The van der Waals surface area contributed by atoms with Crippen molar-refractivity contribution in [2.45, 2.75) is 33.4 Å². The average molecular weight is 476 g/mol. The third-order valence-corrected chi connectivity index (χ3v) is 4.24. The highest BCUT2D eigenvalue weighted by Gasteiger charge is 2.08. The lowest BCUT2D eigenvalue weighted by molar-refractivity contribution is 0.470. The zero-order chi connectivity index (χ0) is 17.5. The molecule has 1 heterocycles. The molecule has 25 heavy (non-hydrogen) atoms. The molecule has 5 nitrogen and oxygen atoms in total. The minimum atomic E-state index is 0. The van der Waals surface area contributed by atoms with E-state index >= 15 is 0 Å². The molecule has 0 radical (unpaired) electrons. The van der Waals surface area contributed by atoms with Gasteiger partial charge in [-0.25, -0.2) is 0 Å². The van der Waals surface area contributed by atoms with E-state index in [4.69, 9.17) is 11.6 Å². The summed E-state index contributed by atoms with van der Waals surface area (Å²) >= 11 is 6.23. The molecule has 0 saturated carbocycles. The smallest absolute Gasteiger partial charge is 0.193 e. The molecular weight excluding hydrogens is 449 g/mol. The number of hydrogen-bond donors (Lipinski definition) is 1. The Kier molecular flexibility index (Phi) is 9.27. The van der Waals surface area contributed by atoms with E-state index in [0.29, 0.717) is 0 Å². The number of benzene rings is 1. The van der Waals surface area contributed by atoms with Gasteiger partial charge in [-0.3, -0.25) is 9.67 Å². The van der Waals surface area contributed by atoms with Crippen LogP contribution in [0.1, 0.15) is 23.4 Å². The van der Waals surface area contributed by atoms with Crippen molar-refractivity contribution in [3.63, 3.8) is 0 Å². The minimum Gasteiger partial charge on any atom is -0.356 e. The van der Waals surface area contributed by atoms with E-state index in [1.165, 1.54) is 5.69 Å². The number of aliphatic imine (C=N–C) groups is 1. The second kappa shape index (κ2) is 10.7. The molecular formula is C18H27ClIN5. The van der Waals surface area contributed by atoms with Gasteiger partial charge in [-0.1, -0.05) is 29.8 Å². The maximum atomic E-state index is 6.23. The Balaban J connectivity index is 0.00000312. The molecule has 1 N–H and O–H groups in total. The largest absolute Gasteiger partial charge is 0.356 e. The quantitative estimate of drug-likeness (QED) is 0.299. The molecule has 1 aromatic heterocycles. The predicted octanol–water partition coefficient (Wildman–Crippen LogP) is 3.87. The van der Waals surface area contributed by atoms with Gasteiger partial charge in [-0.2, -0.15) is 5.10 Å². The fourth-order valence-corrected chi connectivity index (χ4v) is 2.87. The van der Waals surface area contributed by atoms with Crippen LogP contribution in [-0.2, 0) is 13.1 Å². The van der Waals surface area contributed by atoms with Gasteiger partial charge in [0.1, 0.15) is 0 Å². The number of halogens is 2. The van der Waals surface area contributed by atoms with Gasteiger partial charge in [-0.05, 0) is 38.0 Å². The zero-order valence-electron chi connectivity index (χ0n) is 15.3. The van der Waals surface area contributed by atoms with Gasteiger partial charge in [0.15, 0.2) is 5.96 Å². The summed E-state index contributed by atoms with van der Waals surface area (Å²) in [6, 6.07) is 9.99. The van der Waals surface area contributed by atoms with Crippen molar-refractivity contribution in [2.75, 3.05) is 20.6 Å². The first kappa shape index (κ1) is 21.8. The summed E-state index contributed by atoms with van der Waals surface area (Å²) in [5, 5.41) is 8.66. The number of guanidine groups is 1. The first-order valence-electron chi connectivity index (χ1n) is 8.17. The van der Waals surface area contributed by atoms with E-state index in [1.54, 1.807) is 7.05 Å². The number of aromatic nitrogens is 2. The third-order valence-electron chi connectivity index (χ3n) is 3.87. The number of nitrogens with zero attached hydrogens (tertiary/aromatic N) is 4. The number of rotatable bonds is 6. The van der Waals surface area contributed by atoms with Gasteiger partial charge < -0.3 is 10.2 Å². The molecule has 0 amide bonds. The fraction of sp³-hybridized carbons (Fsp3) is 0.444. The molecule has 0 spiro atoms. The van der Waals surface area contributed by atoms with E-state index in [-0.39, 0.29) is 24.0 Å². The fourth-order valence-electron chi connectivity index (χ4n) is 2.67. The summed E-state index contributed by atoms with van der Waals surface area (Å²) < 4.78 is 2.05. The van der Waals surface area contributed by atoms with E-state index in [1.807, 2.05) is 42.9 Å². The summed E-state index contributed by atoms with van der Waals surface area (Å²) in [7, 11) is 3.81. The van der Waals surface area contributed by atoms with E-state index < -0.39 is 0 Å². The maximum absolute atomic E-state index is 6.23. The molecule has 0 saturated heterocycles. The lowest BCUT2D eigenvalue weighted by Gasteiger charge is -2.22. The lowest BCUT2D eigenvalue weighted by Crippen LogP contribution is -2.39. The second-order valence-corrected chi connectivity index (χ2v) is 6.33. The highest BCUT2D eigenvalue weighted by atomic mass is 127. The first-order chi connectivity index (χ1) is 11.5. The Hall–Kier alpha value is -1.28. The Morgan fingerprint density at radius 1 is 1.32 bits per heavy atom. The van der Waals surface area contributed by atoms with Crippen molar-refractivity contribution >= 4 is 41.5 Å². The number of nitrogens with one attached hydrogen (secondary N) is 1. The Morgan fingerprint density at radius 2 is 2.04 bits per heavy atom. The van der Waals surface area contributed by atoms with E-state index in [2.05, 4.69) is 33.3 Å². The minimum absolute atomic E-state index is 0. The van der Waals surface area contributed by atoms with Crippen LogP contribution >= 0.6 is 35.6 Å². The molecule has 0 unspecified atom stereocenters. The van der Waals surface area contributed by atoms with Gasteiger partial charge in [0.2, 0.25) is 0 Å². The van der Waals surface area contributed by atoms with E-state index in [9.17, 15) is 0 Å². The molecule has 0 aliphatic carbocycles. The highest BCUT2D eigenvalue weighted by molar-refractivity contribution is 14.0. The molecule has 1 aromatic carbocycles.